The van der Waals surface area contributed by atoms with Crippen LogP contribution in [-0.2, 0) is 0 Å². The quantitative estimate of drug-likeness (QED) is 0.698. The van der Waals surface area contributed by atoms with Gasteiger partial charge in [-0.25, -0.2) is 0 Å². The number of likely N-dealkylation sites (tertiary alicyclic amines) is 1. The topological polar surface area (TPSA) is 15.3 Å². The average molecular weight is 212 g/mol. The van der Waals surface area contributed by atoms with Crippen molar-refractivity contribution in [1.82, 2.24) is 10.2 Å². The third-order valence-corrected chi connectivity index (χ3v) is 3.52. The van der Waals surface area contributed by atoms with Crippen LogP contribution in [0.25, 0.3) is 0 Å². The van der Waals surface area contributed by atoms with Crippen molar-refractivity contribution < 1.29 is 0 Å². The van der Waals surface area contributed by atoms with Gasteiger partial charge < -0.3 is 5.32 Å². The zero-order valence-electron chi connectivity index (χ0n) is 10.8. The molecule has 0 bridgehead atoms. The summed E-state index contributed by atoms with van der Waals surface area (Å²) in [5.74, 6) is 0. The summed E-state index contributed by atoms with van der Waals surface area (Å²) < 4.78 is 0. The van der Waals surface area contributed by atoms with E-state index in [9.17, 15) is 0 Å². The molecule has 0 spiro atoms. The smallest absolute Gasteiger partial charge is 0.0192 e. The number of hydrogen-bond acceptors (Lipinski definition) is 2. The highest BCUT2D eigenvalue weighted by Crippen LogP contribution is 2.11. The molecule has 15 heavy (non-hydrogen) atoms. The summed E-state index contributed by atoms with van der Waals surface area (Å²) in [6.07, 6.45) is 6.79. The summed E-state index contributed by atoms with van der Waals surface area (Å²) in [6, 6.07) is 1.41. The first kappa shape index (κ1) is 13.0. The molecule has 1 rings (SSSR count). The van der Waals surface area contributed by atoms with Gasteiger partial charge in [0.25, 0.3) is 0 Å². The van der Waals surface area contributed by atoms with Crippen molar-refractivity contribution in [1.29, 1.82) is 0 Å². The molecule has 2 unspecified atom stereocenters. The first-order valence-electron chi connectivity index (χ1n) is 6.71. The Hall–Kier alpha value is -0.0800. The van der Waals surface area contributed by atoms with Crippen molar-refractivity contribution in [2.24, 2.45) is 0 Å². The fourth-order valence-corrected chi connectivity index (χ4v) is 2.30. The number of unbranched alkanes of at least 4 members (excludes halogenated alkanes) is 1. The molecule has 0 aliphatic carbocycles. The van der Waals surface area contributed by atoms with Gasteiger partial charge in [-0.2, -0.15) is 0 Å². The van der Waals surface area contributed by atoms with E-state index in [0.717, 1.165) is 12.6 Å². The number of nitrogens with zero attached hydrogens (tertiary/aromatic N) is 1. The Labute approximate surface area is 95.4 Å². The Kier molecular flexibility index (Phi) is 6.26. The normalized spacial score (nSPS) is 21.8. The fourth-order valence-electron chi connectivity index (χ4n) is 2.30. The van der Waals surface area contributed by atoms with Crippen LogP contribution in [0.4, 0.5) is 0 Å². The average Bonchev–Trinajstić information content (AvgIpc) is 2.76. The van der Waals surface area contributed by atoms with E-state index in [1.54, 1.807) is 0 Å². The second-order valence-electron chi connectivity index (χ2n) is 5.04. The van der Waals surface area contributed by atoms with Gasteiger partial charge in [0.15, 0.2) is 0 Å². The molecule has 1 N–H and O–H groups in total. The zero-order valence-corrected chi connectivity index (χ0v) is 10.8. The SMILES string of the molecule is CCCCC(C)NCC(C)N1CCCC1. The van der Waals surface area contributed by atoms with Crippen LogP contribution in [0.5, 0.6) is 0 Å². The summed E-state index contributed by atoms with van der Waals surface area (Å²) in [5.41, 5.74) is 0. The van der Waals surface area contributed by atoms with Crippen LogP contribution in [0.1, 0.15) is 52.9 Å². The summed E-state index contributed by atoms with van der Waals surface area (Å²) in [5, 5.41) is 3.65. The Morgan fingerprint density at radius 2 is 1.87 bits per heavy atom. The molecule has 90 valence electrons. The highest BCUT2D eigenvalue weighted by molar-refractivity contribution is 4.75. The molecule has 0 saturated carbocycles. The maximum Gasteiger partial charge on any atom is 0.0192 e. The minimum atomic E-state index is 0.690. The van der Waals surface area contributed by atoms with Crippen molar-refractivity contribution in [3.05, 3.63) is 0 Å². The lowest BCUT2D eigenvalue weighted by molar-refractivity contribution is 0.245. The first-order chi connectivity index (χ1) is 7.24. The van der Waals surface area contributed by atoms with Crippen molar-refractivity contribution >= 4 is 0 Å². The molecule has 0 amide bonds. The fraction of sp³-hybridized carbons (Fsp3) is 1.00. The molecule has 0 aromatic carbocycles. The summed E-state index contributed by atoms with van der Waals surface area (Å²) in [6.45, 7) is 10.7. The maximum absolute atomic E-state index is 3.65. The summed E-state index contributed by atoms with van der Waals surface area (Å²) in [4.78, 5) is 2.61. The van der Waals surface area contributed by atoms with E-state index >= 15 is 0 Å². The third-order valence-electron chi connectivity index (χ3n) is 3.52. The predicted octanol–water partition coefficient (Wildman–Crippen LogP) is 2.64. The molecule has 0 radical (unpaired) electrons. The second kappa shape index (κ2) is 7.24. The summed E-state index contributed by atoms with van der Waals surface area (Å²) in [7, 11) is 0. The van der Waals surface area contributed by atoms with Gasteiger partial charge in [0.05, 0.1) is 0 Å². The van der Waals surface area contributed by atoms with Crippen LogP contribution in [0.15, 0.2) is 0 Å². The van der Waals surface area contributed by atoms with Crippen molar-refractivity contribution in [2.45, 2.75) is 65.0 Å². The third kappa shape index (κ3) is 4.98. The van der Waals surface area contributed by atoms with Gasteiger partial charge in [0.2, 0.25) is 0 Å². The molecule has 1 heterocycles. The Bertz CT molecular complexity index is 153. The molecule has 0 aromatic heterocycles. The van der Waals surface area contributed by atoms with Crippen LogP contribution in [-0.4, -0.2) is 36.6 Å². The largest absolute Gasteiger partial charge is 0.313 e. The van der Waals surface area contributed by atoms with E-state index < -0.39 is 0 Å². The maximum atomic E-state index is 3.65. The van der Waals surface area contributed by atoms with Crippen LogP contribution >= 0.6 is 0 Å². The van der Waals surface area contributed by atoms with E-state index in [1.807, 2.05) is 0 Å². The van der Waals surface area contributed by atoms with Crippen molar-refractivity contribution in [3.8, 4) is 0 Å². The highest BCUT2D eigenvalue weighted by Gasteiger charge is 2.17. The van der Waals surface area contributed by atoms with Crippen molar-refractivity contribution in [2.75, 3.05) is 19.6 Å². The predicted molar refractivity (Wildman–Crippen MR) is 67.3 cm³/mol. The molecule has 2 nitrogen and oxygen atoms in total. The van der Waals surface area contributed by atoms with Crippen LogP contribution in [0, 0.1) is 0 Å². The van der Waals surface area contributed by atoms with Gasteiger partial charge >= 0.3 is 0 Å². The number of rotatable bonds is 7. The Morgan fingerprint density at radius 3 is 2.47 bits per heavy atom. The molecular formula is C13H28N2. The van der Waals surface area contributed by atoms with Gasteiger partial charge in [-0.3, -0.25) is 4.90 Å². The lowest BCUT2D eigenvalue weighted by Gasteiger charge is -2.25. The molecule has 0 aromatic rings. The Balaban J connectivity index is 2.07. The number of nitrogens with one attached hydrogen (secondary N) is 1. The summed E-state index contributed by atoms with van der Waals surface area (Å²) >= 11 is 0. The van der Waals surface area contributed by atoms with Crippen LogP contribution < -0.4 is 5.32 Å². The molecule has 1 saturated heterocycles. The van der Waals surface area contributed by atoms with E-state index in [1.165, 1.54) is 45.2 Å². The molecule has 2 atom stereocenters. The lowest BCUT2D eigenvalue weighted by atomic mass is 10.1. The van der Waals surface area contributed by atoms with Gasteiger partial charge in [0, 0.05) is 18.6 Å². The van der Waals surface area contributed by atoms with E-state index in [-0.39, 0.29) is 0 Å². The van der Waals surface area contributed by atoms with E-state index in [0.29, 0.717) is 6.04 Å². The van der Waals surface area contributed by atoms with Gasteiger partial charge in [-0.15, -0.1) is 0 Å². The highest BCUT2D eigenvalue weighted by atomic mass is 15.2. The van der Waals surface area contributed by atoms with Gasteiger partial charge in [-0.1, -0.05) is 19.8 Å². The minimum absolute atomic E-state index is 0.690. The molecule has 1 aliphatic heterocycles. The monoisotopic (exact) mass is 212 g/mol. The van der Waals surface area contributed by atoms with E-state index in [2.05, 4.69) is 31.0 Å². The van der Waals surface area contributed by atoms with E-state index in [4.69, 9.17) is 0 Å². The zero-order chi connectivity index (χ0) is 11.1. The standard InChI is InChI=1S/C13H28N2/c1-4-5-8-12(2)14-11-13(3)15-9-6-7-10-15/h12-14H,4-11H2,1-3H3. The molecule has 1 aliphatic rings. The number of hydrogen-bond donors (Lipinski definition) is 1. The second-order valence-corrected chi connectivity index (χ2v) is 5.04. The molecule has 2 heteroatoms. The molecule has 1 fully saturated rings. The first-order valence-corrected chi connectivity index (χ1v) is 6.71. The molecular weight excluding hydrogens is 184 g/mol. The Morgan fingerprint density at radius 1 is 1.20 bits per heavy atom. The van der Waals surface area contributed by atoms with Crippen LogP contribution in [0.3, 0.4) is 0 Å². The minimum Gasteiger partial charge on any atom is -0.313 e. The lowest BCUT2D eigenvalue weighted by Crippen LogP contribution is -2.41. The van der Waals surface area contributed by atoms with Gasteiger partial charge in [-0.05, 0) is 46.2 Å². The van der Waals surface area contributed by atoms with Crippen molar-refractivity contribution in [3.63, 3.8) is 0 Å². The van der Waals surface area contributed by atoms with Gasteiger partial charge in [0.1, 0.15) is 0 Å². The van der Waals surface area contributed by atoms with Crippen LogP contribution in [0.2, 0.25) is 0 Å².